The number of amides is 1. The van der Waals surface area contributed by atoms with E-state index in [0.29, 0.717) is 0 Å². The van der Waals surface area contributed by atoms with Crippen molar-refractivity contribution >= 4 is 18.3 Å². The lowest BCUT2D eigenvalue weighted by Crippen LogP contribution is -2.39. The standard InChI is InChI=1S/C14H16F3N5O.ClH/c1-9(7-18)21(2)13(23)12-8-22(20-19-12)11-5-3-4-10(6-11)14(15,16)17;/h3-6,8-9H,7,18H2,1-2H3;1H. The number of benzene rings is 1. The highest BCUT2D eigenvalue weighted by molar-refractivity contribution is 5.92. The number of rotatable bonds is 4. The van der Waals surface area contributed by atoms with Gasteiger partial charge in [-0.1, -0.05) is 11.3 Å². The third-order valence-corrected chi connectivity index (χ3v) is 3.47. The topological polar surface area (TPSA) is 77.0 Å². The van der Waals surface area contributed by atoms with Crippen molar-refractivity contribution in [2.24, 2.45) is 5.73 Å². The zero-order valence-electron chi connectivity index (χ0n) is 13.0. The van der Waals surface area contributed by atoms with E-state index in [1.165, 1.54) is 23.2 Å². The summed E-state index contributed by atoms with van der Waals surface area (Å²) in [6.45, 7) is 2.05. The first-order chi connectivity index (χ1) is 10.7. The van der Waals surface area contributed by atoms with Crippen molar-refractivity contribution in [2.75, 3.05) is 13.6 Å². The third-order valence-electron chi connectivity index (χ3n) is 3.47. The lowest BCUT2D eigenvalue weighted by atomic mass is 10.2. The highest BCUT2D eigenvalue weighted by atomic mass is 35.5. The Morgan fingerprint density at radius 2 is 2.08 bits per heavy atom. The smallest absolute Gasteiger partial charge is 0.336 e. The summed E-state index contributed by atoms with van der Waals surface area (Å²) in [6, 6.07) is 4.42. The largest absolute Gasteiger partial charge is 0.416 e. The average Bonchev–Trinajstić information content (AvgIpc) is 3.02. The fourth-order valence-electron chi connectivity index (χ4n) is 1.85. The SMILES string of the molecule is CC(CN)N(C)C(=O)c1cn(-c2cccc(C(F)(F)F)c2)nn1.Cl. The molecule has 0 aliphatic heterocycles. The van der Waals surface area contributed by atoms with Crippen molar-refractivity contribution in [3.63, 3.8) is 0 Å². The first-order valence-corrected chi connectivity index (χ1v) is 6.81. The average molecular weight is 364 g/mol. The van der Waals surface area contributed by atoms with E-state index >= 15 is 0 Å². The van der Waals surface area contributed by atoms with Crippen molar-refractivity contribution in [2.45, 2.75) is 19.1 Å². The van der Waals surface area contributed by atoms with Gasteiger partial charge in [0.2, 0.25) is 0 Å². The maximum Gasteiger partial charge on any atom is 0.416 e. The number of nitrogens with zero attached hydrogens (tertiary/aromatic N) is 4. The second-order valence-corrected chi connectivity index (χ2v) is 5.10. The van der Waals surface area contributed by atoms with Gasteiger partial charge in [0.1, 0.15) is 0 Å². The molecule has 2 rings (SSSR count). The molecule has 0 radical (unpaired) electrons. The maximum atomic E-state index is 12.7. The Balaban J connectivity index is 0.00000288. The number of halogens is 4. The quantitative estimate of drug-likeness (QED) is 0.902. The second-order valence-electron chi connectivity index (χ2n) is 5.10. The first-order valence-electron chi connectivity index (χ1n) is 6.81. The Bertz CT molecular complexity index is 704. The fraction of sp³-hybridized carbons (Fsp3) is 0.357. The molecule has 0 bridgehead atoms. The van der Waals surface area contributed by atoms with Crippen molar-refractivity contribution in [1.29, 1.82) is 0 Å². The summed E-state index contributed by atoms with van der Waals surface area (Å²) >= 11 is 0. The lowest BCUT2D eigenvalue weighted by molar-refractivity contribution is -0.137. The van der Waals surface area contributed by atoms with Gasteiger partial charge in [0.15, 0.2) is 5.69 Å². The molecular formula is C14H17ClF3N5O. The Kier molecular flexibility index (Phi) is 6.33. The van der Waals surface area contributed by atoms with Crippen LogP contribution >= 0.6 is 12.4 Å². The molecule has 0 saturated carbocycles. The second kappa shape index (κ2) is 7.63. The molecule has 1 aromatic carbocycles. The van der Waals surface area contributed by atoms with E-state index in [4.69, 9.17) is 5.73 Å². The summed E-state index contributed by atoms with van der Waals surface area (Å²) in [5.74, 6) is -0.402. The predicted molar refractivity (Wildman–Crippen MR) is 84.2 cm³/mol. The van der Waals surface area contributed by atoms with Gasteiger partial charge in [0, 0.05) is 19.6 Å². The van der Waals surface area contributed by atoms with E-state index in [-0.39, 0.29) is 36.4 Å². The molecule has 2 N–H and O–H groups in total. The molecule has 0 fully saturated rings. The van der Waals surface area contributed by atoms with E-state index in [0.717, 1.165) is 16.8 Å². The summed E-state index contributed by atoms with van der Waals surface area (Å²) in [4.78, 5) is 13.6. The van der Waals surface area contributed by atoms with E-state index in [1.807, 2.05) is 0 Å². The zero-order valence-corrected chi connectivity index (χ0v) is 13.8. The van der Waals surface area contributed by atoms with Crippen LogP contribution in [0, 0.1) is 0 Å². The van der Waals surface area contributed by atoms with Crippen molar-refractivity contribution in [1.82, 2.24) is 19.9 Å². The molecule has 0 aliphatic rings. The van der Waals surface area contributed by atoms with Gasteiger partial charge in [-0.3, -0.25) is 4.79 Å². The van der Waals surface area contributed by atoms with Crippen LogP contribution in [0.5, 0.6) is 0 Å². The number of likely N-dealkylation sites (N-methyl/N-ethyl adjacent to an activating group) is 1. The van der Waals surface area contributed by atoms with E-state index in [1.54, 1.807) is 14.0 Å². The first kappa shape index (κ1) is 19.9. The van der Waals surface area contributed by atoms with E-state index < -0.39 is 17.6 Å². The van der Waals surface area contributed by atoms with Gasteiger partial charge in [-0.25, -0.2) is 4.68 Å². The molecule has 132 valence electrons. The minimum Gasteiger partial charge on any atom is -0.336 e. The summed E-state index contributed by atoms with van der Waals surface area (Å²) in [6.07, 6.45) is -3.16. The molecular weight excluding hydrogens is 347 g/mol. The molecule has 1 unspecified atom stereocenters. The number of carbonyl (C=O) groups is 1. The van der Waals surface area contributed by atoms with Crippen molar-refractivity contribution < 1.29 is 18.0 Å². The Labute approximate surface area is 142 Å². The molecule has 0 spiro atoms. The van der Waals surface area contributed by atoms with Crippen molar-refractivity contribution in [3.05, 3.63) is 41.7 Å². The number of nitrogens with two attached hydrogens (primary N) is 1. The third kappa shape index (κ3) is 4.24. The van der Waals surface area contributed by atoms with Gasteiger partial charge in [0.05, 0.1) is 17.4 Å². The van der Waals surface area contributed by atoms with Gasteiger partial charge in [-0.2, -0.15) is 13.2 Å². The molecule has 0 saturated heterocycles. The molecule has 1 aromatic heterocycles. The van der Waals surface area contributed by atoms with Gasteiger partial charge < -0.3 is 10.6 Å². The lowest BCUT2D eigenvalue weighted by Gasteiger charge is -2.22. The molecule has 1 heterocycles. The highest BCUT2D eigenvalue weighted by Crippen LogP contribution is 2.30. The van der Waals surface area contributed by atoms with Crippen LogP contribution in [0.15, 0.2) is 30.5 Å². The monoisotopic (exact) mass is 363 g/mol. The number of alkyl halides is 3. The van der Waals surface area contributed by atoms with E-state index in [9.17, 15) is 18.0 Å². The van der Waals surface area contributed by atoms with Crippen LogP contribution in [0.1, 0.15) is 23.0 Å². The van der Waals surface area contributed by atoms with Crippen LogP contribution in [0.3, 0.4) is 0 Å². The zero-order chi connectivity index (χ0) is 17.2. The number of carbonyl (C=O) groups excluding carboxylic acids is 1. The number of aromatic nitrogens is 3. The van der Waals surface area contributed by atoms with Gasteiger partial charge >= 0.3 is 6.18 Å². The van der Waals surface area contributed by atoms with Gasteiger partial charge in [0.25, 0.3) is 5.91 Å². The highest BCUT2D eigenvalue weighted by Gasteiger charge is 2.30. The van der Waals surface area contributed by atoms with Crippen LogP contribution in [0.2, 0.25) is 0 Å². The fourth-order valence-corrected chi connectivity index (χ4v) is 1.85. The molecule has 1 amide bonds. The summed E-state index contributed by atoms with van der Waals surface area (Å²) in [5, 5.41) is 7.44. The van der Waals surface area contributed by atoms with Crippen LogP contribution in [-0.2, 0) is 6.18 Å². The minimum atomic E-state index is -4.45. The minimum absolute atomic E-state index is 0. The van der Waals surface area contributed by atoms with Gasteiger partial charge in [-0.05, 0) is 25.1 Å². The predicted octanol–water partition coefficient (Wildman–Crippen LogP) is 2.13. The molecule has 0 aliphatic carbocycles. The Morgan fingerprint density at radius 1 is 1.42 bits per heavy atom. The summed E-state index contributed by atoms with van der Waals surface area (Å²) < 4.78 is 39.3. The molecule has 24 heavy (non-hydrogen) atoms. The van der Waals surface area contributed by atoms with E-state index in [2.05, 4.69) is 10.3 Å². The molecule has 1 atom stereocenters. The Hall–Kier alpha value is -2.13. The molecule has 10 heteroatoms. The maximum absolute atomic E-state index is 12.7. The number of hydrogen-bond donors (Lipinski definition) is 1. The van der Waals surface area contributed by atoms with Crippen LogP contribution in [-0.4, -0.2) is 45.4 Å². The summed E-state index contributed by atoms with van der Waals surface area (Å²) in [5.41, 5.74) is 4.90. The van der Waals surface area contributed by atoms with Crippen molar-refractivity contribution in [3.8, 4) is 5.69 Å². The van der Waals surface area contributed by atoms with Crippen LogP contribution in [0.25, 0.3) is 5.69 Å². The summed E-state index contributed by atoms with van der Waals surface area (Å²) in [7, 11) is 1.57. The molecule has 2 aromatic rings. The van der Waals surface area contributed by atoms with Gasteiger partial charge in [-0.15, -0.1) is 17.5 Å². The van der Waals surface area contributed by atoms with Crippen LogP contribution in [0.4, 0.5) is 13.2 Å². The Morgan fingerprint density at radius 3 is 2.67 bits per heavy atom. The normalized spacial score (nSPS) is 12.4. The molecule has 6 nitrogen and oxygen atoms in total. The van der Waals surface area contributed by atoms with Crippen LogP contribution < -0.4 is 5.73 Å². The number of hydrogen-bond acceptors (Lipinski definition) is 4.